The number of unbranched alkanes of at least 4 members (excludes halogenated alkanes) is 1. The molecule has 0 aromatic rings. The maximum absolute atomic E-state index is 11.3. The number of ether oxygens (including phenoxy) is 2. The van der Waals surface area contributed by atoms with Gasteiger partial charge >= 0.3 is 17.9 Å². The number of carbonyl (C=O) groups excluding carboxylic acids is 2. The van der Waals surface area contributed by atoms with Crippen molar-refractivity contribution in [3.8, 4) is 0 Å². The molecule has 0 aliphatic rings. The fourth-order valence-corrected chi connectivity index (χ4v) is 1.26. The Labute approximate surface area is 106 Å². The van der Waals surface area contributed by atoms with Gasteiger partial charge in [0.2, 0.25) is 6.29 Å². The average molecular weight is 260 g/mol. The summed E-state index contributed by atoms with van der Waals surface area (Å²) in [6.45, 7) is 3.32. The Bertz CT molecular complexity index is 286. The van der Waals surface area contributed by atoms with E-state index in [2.05, 4.69) is 0 Å². The lowest BCUT2D eigenvalue weighted by atomic mass is 10.2. The molecule has 6 nitrogen and oxygen atoms in total. The van der Waals surface area contributed by atoms with E-state index in [9.17, 15) is 14.4 Å². The highest BCUT2D eigenvalue weighted by Crippen LogP contribution is 2.05. The molecule has 6 heteroatoms. The maximum Gasteiger partial charge on any atom is 0.308 e. The minimum atomic E-state index is -0.893. The van der Waals surface area contributed by atoms with Crippen molar-refractivity contribution in [2.75, 3.05) is 0 Å². The van der Waals surface area contributed by atoms with Crippen molar-refractivity contribution in [2.24, 2.45) is 0 Å². The third kappa shape index (κ3) is 9.62. The number of carboxylic acid groups (broad SMARTS) is 1. The minimum absolute atomic E-state index is 0.0360. The van der Waals surface area contributed by atoms with Gasteiger partial charge in [-0.1, -0.05) is 6.92 Å². The summed E-state index contributed by atoms with van der Waals surface area (Å²) in [4.78, 5) is 32.6. The van der Waals surface area contributed by atoms with Crippen LogP contribution in [0.5, 0.6) is 0 Å². The fraction of sp³-hybridized carbons (Fsp3) is 0.750. The Hall–Kier alpha value is -1.59. The van der Waals surface area contributed by atoms with Crippen LogP contribution in [0.1, 0.15) is 52.4 Å². The Morgan fingerprint density at radius 2 is 1.50 bits per heavy atom. The third-order valence-electron chi connectivity index (χ3n) is 2.07. The van der Waals surface area contributed by atoms with E-state index in [0.717, 1.165) is 0 Å². The first-order chi connectivity index (χ1) is 8.45. The summed E-state index contributed by atoms with van der Waals surface area (Å²) in [6.07, 6.45) is 1.11. The molecule has 104 valence electrons. The van der Waals surface area contributed by atoms with Crippen LogP contribution >= 0.6 is 0 Å². The van der Waals surface area contributed by atoms with E-state index >= 15 is 0 Å². The van der Waals surface area contributed by atoms with Crippen LogP contribution in [0.25, 0.3) is 0 Å². The largest absolute Gasteiger partial charge is 0.481 e. The highest BCUT2D eigenvalue weighted by Gasteiger charge is 2.13. The molecule has 0 bridgehead atoms. The molecular formula is C12H20O6. The van der Waals surface area contributed by atoms with Gasteiger partial charge in [0.25, 0.3) is 0 Å². The summed E-state index contributed by atoms with van der Waals surface area (Å²) in [5, 5.41) is 8.40. The van der Waals surface area contributed by atoms with Crippen LogP contribution in [0, 0.1) is 0 Å². The summed E-state index contributed by atoms with van der Waals surface area (Å²) < 4.78 is 9.67. The molecule has 0 heterocycles. The first-order valence-corrected chi connectivity index (χ1v) is 6.06. The normalized spacial score (nSPS) is 11.7. The number of hydrogen-bond acceptors (Lipinski definition) is 5. The zero-order valence-corrected chi connectivity index (χ0v) is 10.8. The summed E-state index contributed by atoms with van der Waals surface area (Å²) >= 11 is 0. The fourth-order valence-electron chi connectivity index (χ4n) is 1.26. The SMILES string of the molecule is CCCC(=O)OC(C)OC(=O)CCCCC(=O)O. The van der Waals surface area contributed by atoms with Crippen molar-refractivity contribution in [3.63, 3.8) is 0 Å². The van der Waals surface area contributed by atoms with E-state index in [1.165, 1.54) is 6.92 Å². The second-order valence-electron chi connectivity index (χ2n) is 3.90. The molecule has 0 aliphatic heterocycles. The predicted molar refractivity (Wildman–Crippen MR) is 62.7 cm³/mol. The number of hydrogen-bond donors (Lipinski definition) is 1. The molecule has 18 heavy (non-hydrogen) atoms. The van der Waals surface area contributed by atoms with Crippen LogP contribution in [-0.2, 0) is 23.9 Å². The molecule has 0 spiro atoms. The number of esters is 2. The zero-order chi connectivity index (χ0) is 14.0. The van der Waals surface area contributed by atoms with E-state index in [4.69, 9.17) is 14.6 Å². The Morgan fingerprint density at radius 3 is 2.00 bits per heavy atom. The van der Waals surface area contributed by atoms with Gasteiger partial charge in [-0.3, -0.25) is 14.4 Å². The standard InChI is InChI=1S/C12H20O6/c1-3-6-11(15)17-9(2)18-12(16)8-5-4-7-10(13)14/h9H,3-8H2,1-2H3,(H,13,14). The molecule has 0 saturated carbocycles. The third-order valence-corrected chi connectivity index (χ3v) is 2.07. The van der Waals surface area contributed by atoms with E-state index < -0.39 is 24.2 Å². The lowest BCUT2D eigenvalue weighted by Crippen LogP contribution is -2.21. The Balaban J connectivity index is 3.67. The van der Waals surface area contributed by atoms with E-state index in [-0.39, 0.29) is 12.8 Å². The summed E-state index contributed by atoms with van der Waals surface area (Å²) in [5.41, 5.74) is 0. The number of carboxylic acids is 1. The van der Waals surface area contributed by atoms with E-state index in [1.807, 2.05) is 6.92 Å². The lowest BCUT2D eigenvalue weighted by Gasteiger charge is -2.13. The molecule has 0 fully saturated rings. The lowest BCUT2D eigenvalue weighted by molar-refractivity contribution is -0.184. The van der Waals surface area contributed by atoms with Crippen LogP contribution in [0.3, 0.4) is 0 Å². The average Bonchev–Trinajstić information content (AvgIpc) is 2.24. The molecule has 0 amide bonds. The molecule has 0 saturated heterocycles. The van der Waals surface area contributed by atoms with Crippen LogP contribution in [-0.4, -0.2) is 29.3 Å². The summed E-state index contributed by atoms with van der Waals surface area (Å²) in [7, 11) is 0. The van der Waals surface area contributed by atoms with Crippen molar-refractivity contribution in [2.45, 2.75) is 58.7 Å². The molecule has 1 N–H and O–H groups in total. The topological polar surface area (TPSA) is 89.9 Å². The van der Waals surface area contributed by atoms with Crippen molar-refractivity contribution in [1.82, 2.24) is 0 Å². The molecule has 1 unspecified atom stereocenters. The molecule has 0 aromatic carbocycles. The molecule has 0 radical (unpaired) electrons. The van der Waals surface area contributed by atoms with Crippen LogP contribution in [0.2, 0.25) is 0 Å². The minimum Gasteiger partial charge on any atom is -0.481 e. The highest BCUT2D eigenvalue weighted by atomic mass is 16.7. The van der Waals surface area contributed by atoms with Crippen molar-refractivity contribution in [3.05, 3.63) is 0 Å². The van der Waals surface area contributed by atoms with Gasteiger partial charge in [0.1, 0.15) is 0 Å². The highest BCUT2D eigenvalue weighted by molar-refractivity contribution is 5.71. The van der Waals surface area contributed by atoms with E-state index in [1.54, 1.807) is 0 Å². The van der Waals surface area contributed by atoms with Crippen molar-refractivity contribution < 1.29 is 29.0 Å². The van der Waals surface area contributed by atoms with Gasteiger partial charge < -0.3 is 14.6 Å². The number of aliphatic carboxylic acids is 1. The van der Waals surface area contributed by atoms with Gasteiger partial charge in [-0.25, -0.2) is 0 Å². The first-order valence-electron chi connectivity index (χ1n) is 6.06. The maximum atomic E-state index is 11.3. The molecular weight excluding hydrogens is 240 g/mol. The second-order valence-corrected chi connectivity index (χ2v) is 3.90. The van der Waals surface area contributed by atoms with Crippen molar-refractivity contribution in [1.29, 1.82) is 0 Å². The Morgan fingerprint density at radius 1 is 1.00 bits per heavy atom. The van der Waals surface area contributed by atoms with Gasteiger partial charge in [-0.05, 0) is 19.3 Å². The van der Waals surface area contributed by atoms with Crippen molar-refractivity contribution >= 4 is 17.9 Å². The molecule has 0 aliphatic carbocycles. The monoisotopic (exact) mass is 260 g/mol. The van der Waals surface area contributed by atoms with Gasteiger partial charge in [0.15, 0.2) is 0 Å². The summed E-state index contributed by atoms with van der Waals surface area (Å²) in [6, 6.07) is 0. The second kappa shape index (κ2) is 9.44. The zero-order valence-electron chi connectivity index (χ0n) is 10.8. The van der Waals surface area contributed by atoms with E-state index in [0.29, 0.717) is 25.7 Å². The van der Waals surface area contributed by atoms with Crippen LogP contribution in [0.4, 0.5) is 0 Å². The van der Waals surface area contributed by atoms with Crippen LogP contribution in [0.15, 0.2) is 0 Å². The molecule has 0 aromatic heterocycles. The van der Waals surface area contributed by atoms with Gasteiger partial charge in [-0.15, -0.1) is 0 Å². The van der Waals surface area contributed by atoms with Crippen LogP contribution < -0.4 is 0 Å². The van der Waals surface area contributed by atoms with Gasteiger partial charge in [-0.2, -0.15) is 0 Å². The number of rotatable bonds is 9. The van der Waals surface area contributed by atoms with Gasteiger partial charge in [0.05, 0.1) is 0 Å². The first kappa shape index (κ1) is 16.4. The quantitative estimate of drug-likeness (QED) is 0.386. The van der Waals surface area contributed by atoms with Gasteiger partial charge in [0, 0.05) is 26.2 Å². The summed E-state index contributed by atoms with van der Waals surface area (Å²) in [5.74, 6) is -1.77. The predicted octanol–water partition coefficient (Wildman–Crippen LogP) is 1.86. The molecule has 0 rings (SSSR count). The molecule has 1 atom stereocenters. The Kier molecular flexibility index (Phi) is 8.61. The smallest absolute Gasteiger partial charge is 0.308 e. The number of carbonyl (C=O) groups is 3.